The van der Waals surface area contributed by atoms with Gasteiger partial charge in [0.2, 0.25) is 0 Å². The third-order valence-corrected chi connectivity index (χ3v) is 4.64. The van der Waals surface area contributed by atoms with Gasteiger partial charge in [-0.05, 0) is 10.8 Å². The molecule has 1 aromatic rings. The molecule has 0 unspecified atom stereocenters. The van der Waals surface area contributed by atoms with Crippen LogP contribution in [0.15, 0.2) is 47.1 Å². The first kappa shape index (κ1) is 12.3. The Morgan fingerprint density at radius 3 is 2.13 bits per heavy atom. The lowest BCUT2D eigenvalue weighted by atomic mass is 10.2. The Balaban J connectivity index is 3.12. The molecule has 0 nitrogen and oxygen atoms in total. The van der Waals surface area contributed by atoms with Crippen LogP contribution in [0.4, 0.5) is 0 Å². The van der Waals surface area contributed by atoms with Crippen molar-refractivity contribution in [2.45, 2.75) is 19.6 Å². The second kappa shape index (κ2) is 4.82. The minimum absolute atomic E-state index is 0.679. The molecule has 0 amide bonds. The van der Waals surface area contributed by atoms with Crippen molar-refractivity contribution in [1.82, 2.24) is 0 Å². The van der Waals surface area contributed by atoms with Crippen LogP contribution >= 0.6 is 11.6 Å². The molecule has 1 rings (SSSR count). The summed E-state index contributed by atoms with van der Waals surface area (Å²) in [5.74, 6) is 0. The molecular weight excluding hydrogens is 220 g/mol. The van der Waals surface area contributed by atoms with Crippen LogP contribution in [0.25, 0.3) is 6.08 Å². The Kier molecular flexibility index (Phi) is 3.94. The van der Waals surface area contributed by atoms with Crippen LogP contribution in [0.2, 0.25) is 19.6 Å². The summed E-state index contributed by atoms with van der Waals surface area (Å²) in [6, 6.07) is 10.2. The summed E-state index contributed by atoms with van der Waals surface area (Å²) in [5.41, 5.74) is 1.19. The maximum Gasteiger partial charge on any atom is 0.0795 e. The lowest BCUT2D eigenvalue weighted by Crippen LogP contribution is -2.23. The number of hydrogen-bond acceptors (Lipinski definition) is 0. The zero-order chi connectivity index (χ0) is 11.5. The average Bonchev–Trinajstić information content (AvgIpc) is 2.13. The Labute approximate surface area is 98.3 Å². The average molecular weight is 237 g/mol. The first-order chi connectivity index (χ1) is 6.91. The van der Waals surface area contributed by atoms with Crippen LogP contribution in [0.3, 0.4) is 0 Å². The maximum atomic E-state index is 6.05. The van der Waals surface area contributed by atoms with Gasteiger partial charge in [0.15, 0.2) is 0 Å². The van der Waals surface area contributed by atoms with Crippen LogP contribution < -0.4 is 0 Å². The smallest absolute Gasteiger partial charge is 0.0795 e. The monoisotopic (exact) mass is 236 g/mol. The van der Waals surface area contributed by atoms with E-state index in [1.807, 2.05) is 18.2 Å². The van der Waals surface area contributed by atoms with E-state index in [-0.39, 0.29) is 0 Å². The predicted octanol–water partition coefficient (Wildman–Crippen LogP) is 4.70. The van der Waals surface area contributed by atoms with Crippen molar-refractivity contribution >= 4 is 25.8 Å². The van der Waals surface area contributed by atoms with Gasteiger partial charge < -0.3 is 0 Å². The molecule has 0 saturated carbocycles. The van der Waals surface area contributed by atoms with Gasteiger partial charge in [0, 0.05) is 5.03 Å². The van der Waals surface area contributed by atoms with E-state index in [4.69, 9.17) is 11.6 Å². The van der Waals surface area contributed by atoms with Gasteiger partial charge in [-0.2, -0.15) is 0 Å². The van der Waals surface area contributed by atoms with E-state index in [1.165, 1.54) is 10.8 Å². The number of halogens is 1. The lowest BCUT2D eigenvalue weighted by Gasteiger charge is -2.20. The molecular formula is C13H17ClSi. The van der Waals surface area contributed by atoms with Gasteiger partial charge in [-0.3, -0.25) is 0 Å². The molecule has 0 bridgehead atoms. The summed E-state index contributed by atoms with van der Waals surface area (Å²) in [7, 11) is -1.40. The summed E-state index contributed by atoms with van der Waals surface area (Å²) in [5, 5.41) is 1.90. The third-order valence-electron chi connectivity index (χ3n) is 2.21. The van der Waals surface area contributed by atoms with Crippen molar-refractivity contribution < 1.29 is 0 Å². The molecule has 0 heterocycles. The van der Waals surface area contributed by atoms with E-state index < -0.39 is 8.07 Å². The zero-order valence-corrected chi connectivity index (χ0v) is 11.3. The molecule has 0 aliphatic heterocycles. The fraction of sp³-hybridized carbons (Fsp3) is 0.231. The molecule has 0 saturated heterocycles. The van der Waals surface area contributed by atoms with E-state index >= 15 is 0 Å². The van der Waals surface area contributed by atoms with Gasteiger partial charge >= 0.3 is 0 Å². The molecule has 0 radical (unpaired) electrons. The predicted molar refractivity (Wildman–Crippen MR) is 72.8 cm³/mol. The summed E-state index contributed by atoms with van der Waals surface area (Å²) in [6.07, 6.45) is 2.15. The first-order valence-corrected chi connectivity index (χ1v) is 8.91. The fourth-order valence-electron chi connectivity index (χ4n) is 1.42. The first-order valence-electron chi connectivity index (χ1n) is 5.03. The molecule has 1 aromatic carbocycles. The van der Waals surface area contributed by atoms with E-state index in [9.17, 15) is 0 Å². The molecule has 0 aliphatic rings. The van der Waals surface area contributed by atoms with Crippen LogP contribution in [-0.4, -0.2) is 8.07 Å². The Morgan fingerprint density at radius 1 is 1.20 bits per heavy atom. The quantitative estimate of drug-likeness (QED) is 0.527. The summed E-state index contributed by atoms with van der Waals surface area (Å²) in [4.78, 5) is 0. The summed E-state index contributed by atoms with van der Waals surface area (Å²) < 4.78 is 0. The highest BCUT2D eigenvalue weighted by atomic mass is 35.5. The number of rotatable bonds is 3. The normalized spacial score (nSPS) is 12.7. The molecule has 2 heteroatoms. The van der Waals surface area contributed by atoms with Gasteiger partial charge in [-0.25, -0.2) is 0 Å². The fourth-order valence-corrected chi connectivity index (χ4v) is 3.74. The molecule has 0 fully saturated rings. The van der Waals surface area contributed by atoms with Gasteiger partial charge in [0.05, 0.1) is 8.07 Å². The minimum Gasteiger partial charge on any atom is -0.0851 e. The molecule has 0 aromatic heterocycles. The van der Waals surface area contributed by atoms with Gasteiger partial charge in [-0.15, -0.1) is 0 Å². The van der Waals surface area contributed by atoms with E-state index in [0.29, 0.717) is 5.03 Å². The summed E-state index contributed by atoms with van der Waals surface area (Å²) >= 11 is 6.05. The molecule has 80 valence electrons. The van der Waals surface area contributed by atoms with Crippen molar-refractivity contribution in [1.29, 1.82) is 0 Å². The maximum absolute atomic E-state index is 6.05. The van der Waals surface area contributed by atoms with Crippen LogP contribution in [0.1, 0.15) is 5.56 Å². The number of allylic oxidation sites excluding steroid dienone is 2. The zero-order valence-electron chi connectivity index (χ0n) is 9.55. The highest BCUT2D eigenvalue weighted by molar-refractivity contribution is 6.85. The van der Waals surface area contributed by atoms with E-state index in [0.717, 1.165) is 0 Å². The van der Waals surface area contributed by atoms with Crippen molar-refractivity contribution in [2.24, 2.45) is 0 Å². The molecule has 0 atom stereocenters. The van der Waals surface area contributed by atoms with Crippen LogP contribution in [0.5, 0.6) is 0 Å². The molecule has 0 aliphatic carbocycles. The van der Waals surface area contributed by atoms with Gasteiger partial charge in [0.1, 0.15) is 0 Å². The van der Waals surface area contributed by atoms with Crippen molar-refractivity contribution in [3.05, 3.63) is 52.7 Å². The highest BCUT2D eigenvalue weighted by Crippen LogP contribution is 2.26. The van der Waals surface area contributed by atoms with Crippen molar-refractivity contribution in [3.8, 4) is 0 Å². The SMILES string of the molecule is C=C(Cl)/C(=C/c1ccccc1)[Si](C)(C)C. The lowest BCUT2D eigenvalue weighted by molar-refractivity contribution is 1.61. The van der Waals surface area contributed by atoms with E-state index in [2.05, 4.69) is 44.4 Å². The third kappa shape index (κ3) is 3.69. The van der Waals surface area contributed by atoms with Crippen LogP contribution in [-0.2, 0) is 0 Å². The summed E-state index contributed by atoms with van der Waals surface area (Å²) in [6.45, 7) is 10.7. The number of hydrogen-bond donors (Lipinski definition) is 0. The number of benzene rings is 1. The Bertz CT molecular complexity index is 371. The van der Waals surface area contributed by atoms with Gasteiger partial charge in [0.25, 0.3) is 0 Å². The van der Waals surface area contributed by atoms with Crippen molar-refractivity contribution in [2.75, 3.05) is 0 Å². The topological polar surface area (TPSA) is 0 Å². The Hall–Kier alpha value is -0.793. The Morgan fingerprint density at radius 2 is 1.73 bits per heavy atom. The van der Waals surface area contributed by atoms with Crippen LogP contribution in [0, 0.1) is 0 Å². The highest BCUT2D eigenvalue weighted by Gasteiger charge is 2.20. The standard InChI is InChI=1S/C13H17ClSi/c1-11(14)13(15(2,3)4)10-12-8-6-5-7-9-12/h5-10H,1H2,2-4H3/b13-10-. The van der Waals surface area contributed by atoms with E-state index in [1.54, 1.807) is 0 Å². The molecule has 0 spiro atoms. The second-order valence-corrected chi connectivity index (χ2v) is 10.1. The van der Waals surface area contributed by atoms with Gasteiger partial charge in [-0.1, -0.05) is 74.2 Å². The second-order valence-electron chi connectivity index (χ2n) is 4.62. The molecule has 15 heavy (non-hydrogen) atoms. The minimum atomic E-state index is -1.40. The van der Waals surface area contributed by atoms with Crippen molar-refractivity contribution in [3.63, 3.8) is 0 Å². The largest absolute Gasteiger partial charge is 0.0851 e. The molecule has 0 N–H and O–H groups in total.